The largest absolute Gasteiger partial charge is 0.496 e. The van der Waals surface area contributed by atoms with Crippen LogP contribution in [-0.4, -0.2) is 13.5 Å². The Morgan fingerprint density at radius 1 is 1.44 bits per heavy atom. The number of carbonyl (C=O) groups is 1. The number of rotatable bonds is 4. The molecule has 0 atom stereocenters. The van der Waals surface area contributed by atoms with E-state index in [0.717, 1.165) is 6.07 Å². The van der Waals surface area contributed by atoms with Crippen LogP contribution < -0.4 is 10.1 Å². The van der Waals surface area contributed by atoms with Gasteiger partial charge in [-0.05, 0) is 17.7 Å². The summed E-state index contributed by atoms with van der Waals surface area (Å²) in [5.41, 5.74) is -0.290. The number of hydrogen-bond donors (Lipinski definition) is 1. The molecule has 88 valence electrons. The van der Waals surface area contributed by atoms with Gasteiger partial charge in [0.25, 0.3) is 0 Å². The van der Waals surface area contributed by atoms with E-state index in [0.29, 0.717) is 12.0 Å². The van der Waals surface area contributed by atoms with Crippen molar-refractivity contribution in [3.05, 3.63) is 29.3 Å². The molecule has 0 saturated carbocycles. The van der Waals surface area contributed by atoms with Crippen molar-refractivity contribution in [3.8, 4) is 5.75 Å². The van der Waals surface area contributed by atoms with Crippen molar-refractivity contribution in [1.82, 2.24) is 5.32 Å². The molecule has 0 radical (unpaired) electrons. The number of ether oxygens (including phenoxy) is 1. The van der Waals surface area contributed by atoms with E-state index in [9.17, 15) is 18.0 Å². The lowest BCUT2D eigenvalue weighted by atomic mass is 10.1. The first kappa shape index (κ1) is 12.4. The molecule has 0 aliphatic rings. The zero-order valence-electron chi connectivity index (χ0n) is 8.47. The first-order valence-electron chi connectivity index (χ1n) is 4.40. The number of carbonyl (C=O) groups excluding carboxylic acids is 1. The Morgan fingerprint density at radius 3 is 2.62 bits per heavy atom. The monoisotopic (exact) mass is 233 g/mol. The summed E-state index contributed by atoms with van der Waals surface area (Å²) >= 11 is 0. The zero-order valence-corrected chi connectivity index (χ0v) is 8.47. The molecule has 1 amide bonds. The smallest absolute Gasteiger partial charge is 0.419 e. The van der Waals surface area contributed by atoms with Gasteiger partial charge in [0.2, 0.25) is 6.41 Å². The van der Waals surface area contributed by atoms with Gasteiger partial charge >= 0.3 is 6.18 Å². The van der Waals surface area contributed by atoms with Crippen LogP contribution in [0.1, 0.15) is 11.1 Å². The molecule has 0 heterocycles. The minimum atomic E-state index is -4.44. The van der Waals surface area contributed by atoms with Crippen LogP contribution in [0.4, 0.5) is 13.2 Å². The Bertz CT molecular complexity index is 377. The molecule has 0 saturated heterocycles. The molecule has 1 aromatic rings. The number of nitrogens with one attached hydrogen (secondary N) is 1. The molecule has 0 fully saturated rings. The predicted molar refractivity (Wildman–Crippen MR) is 50.9 cm³/mol. The normalized spacial score (nSPS) is 11.0. The lowest BCUT2D eigenvalue weighted by molar-refractivity contribution is -0.138. The van der Waals surface area contributed by atoms with Gasteiger partial charge in [0.05, 0.1) is 12.7 Å². The van der Waals surface area contributed by atoms with Crippen LogP contribution in [0.15, 0.2) is 18.2 Å². The summed E-state index contributed by atoms with van der Waals surface area (Å²) < 4.78 is 42.1. The fraction of sp³-hybridized carbons (Fsp3) is 0.300. The van der Waals surface area contributed by atoms with Crippen LogP contribution in [0.25, 0.3) is 0 Å². The second kappa shape index (κ2) is 4.87. The number of alkyl halides is 3. The van der Waals surface area contributed by atoms with Crippen LogP contribution in [0.5, 0.6) is 5.75 Å². The molecule has 0 aliphatic heterocycles. The first-order valence-corrected chi connectivity index (χ1v) is 4.40. The van der Waals surface area contributed by atoms with E-state index in [1.807, 2.05) is 0 Å². The highest BCUT2D eigenvalue weighted by Crippen LogP contribution is 2.36. The van der Waals surface area contributed by atoms with Crippen LogP contribution in [0.2, 0.25) is 0 Å². The Kier molecular flexibility index (Phi) is 3.76. The number of halogens is 3. The molecule has 0 spiro atoms. The molecule has 1 aromatic carbocycles. The lowest BCUT2D eigenvalue weighted by Crippen LogP contribution is -2.12. The van der Waals surface area contributed by atoms with Gasteiger partial charge in [-0.25, -0.2) is 0 Å². The lowest BCUT2D eigenvalue weighted by Gasteiger charge is -2.12. The topological polar surface area (TPSA) is 38.3 Å². The van der Waals surface area contributed by atoms with Crippen molar-refractivity contribution in [2.75, 3.05) is 7.11 Å². The van der Waals surface area contributed by atoms with Gasteiger partial charge in [0.1, 0.15) is 5.75 Å². The maximum absolute atomic E-state index is 12.5. The SMILES string of the molecule is COc1cc(CNC=O)ccc1C(F)(F)F. The van der Waals surface area contributed by atoms with E-state index < -0.39 is 11.7 Å². The average molecular weight is 233 g/mol. The summed E-state index contributed by atoms with van der Waals surface area (Å²) in [5.74, 6) is -0.252. The van der Waals surface area contributed by atoms with Crippen molar-refractivity contribution in [2.24, 2.45) is 0 Å². The van der Waals surface area contributed by atoms with Gasteiger partial charge < -0.3 is 10.1 Å². The molecular weight excluding hydrogens is 223 g/mol. The molecule has 1 N–H and O–H groups in total. The highest BCUT2D eigenvalue weighted by Gasteiger charge is 2.34. The van der Waals surface area contributed by atoms with E-state index in [-0.39, 0.29) is 12.3 Å². The van der Waals surface area contributed by atoms with Gasteiger partial charge in [-0.3, -0.25) is 4.79 Å². The summed E-state index contributed by atoms with van der Waals surface area (Å²) in [6.07, 6.45) is -3.97. The first-order chi connectivity index (χ1) is 7.49. The summed E-state index contributed by atoms with van der Waals surface area (Å²) in [6, 6.07) is 3.47. The third-order valence-corrected chi connectivity index (χ3v) is 1.96. The Morgan fingerprint density at radius 2 is 2.12 bits per heavy atom. The van der Waals surface area contributed by atoms with Gasteiger partial charge in [0, 0.05) is 6.54 Å². The van der Waals surface area contributed by atoms with E-state index >= 15 is 0 Å². The number of amides is 1. The highest BCUT2D eigenvalue weighted by atomic mass is 19.4. The van der Waals surface area contributed by atoms with E-state index in [4.69, 9.17) is 0 Å². The number of methoxy groups -OCH3 is 1. The quantitative estimate of drug-likeness (QED) is 0.807. The fourth-order valence-corrected chi connectivity index (χ4v) is 1.24. The Balaban J connectivity index is 3.02. The summed E-state index contributed by atoms with van der Waals surface area (Å²) in [5, 5.41) is 2.36. The second-order valence-electron chi connectivity index (χ2n) is 3.03. The van der Waals surface area contributed by atoms with Crippen LogP contribution in [0.3, 0.4) is 0 Å². The van der Waals surface area contributed by atoms with Crippen molar-refractivity contribution in [3.63, 3.8) is 0 Å². The Labute approximate surface area is 90.2 Å². The van der Waals surface area contributed by atoms with Gasteiger partial charge in [-0.2, -0.15) is 13.2 Å². The molecule has 0 aliphatic carbocycles. The predicted octanol–water partition coefficient (Wildman–Crippen LogP) is 1.96. The third-order valence-electron chi connectivity index (χ3n) is 1.96. The van der Waals surface area contributed by atoms with Crippen LogP contribution >= 0.6 is 0 Å². The number of benzene rings is 1. The van der Waals surface area contributed by atoms with Crippen LogP contribution in [0, 0.1) is 0 Å². The molecule has 16 heavy (non-hydrogen) atoms. The molecule has 6 heteroatoms. The van der Waals surface area contributed by atoms with Gasteiger partial charge in [-0.15, -0.1) is 0 Å². The van der Waals surface area contributed by atoms with Crippen molar-refractivity contribution in [2.45, 2.75) is 12.7 Å². The summed E-state index contributed by atoms with van der Waals surface area (Å²) in [6.45, 7) is 0.165. The van der Waals surface area contributed by atoms with Gasteiger partial charge in [0.15, 0.2) is 0 Å². The number of hydrogen-bond acceptors (Lipinski definition) is 2. The maximum atomic E-state index is 12.5. The summed E-state index contributed by atoms with van der Waals surface area (Å²) in [7, 11) is 1.17. The van der Waals surface area contributed by atoms with Crippen molar-refractivity contribution < 1.29 is 22.7 Å². The molecule has 3 nitrogen and oxygen atoms in total. The average Bonchev–Trinajstić information content (AvgIpc) is 2.24. The van der Waals surface area contributed by atoms with Crippen molar-refractivity contribution >= 4 is 6.41 Å². The second-order valence-corrected chi connectivity index (χ2v) is 3.03. The van der Waals surface area contributed by atoms with E-state index in [1.54, 1.807) is 0 Å². The molecular formula is C10H10F3NO2. The van der Waals surface area contributed by atoms with E-state index in [1.165, 1.54) is 19.2 Å². The highest BCUT2D eigenvalue weighted by molar-refractivity contribution is 5.47. The molecule has 0 unspecified atom stereocenters. The third kappa shape index (κ3) is 2.88. The van der Waals surface area contributed by atoms with Gasteiger partial charge in [-0.1, -0.05) is 6.07 Å². The minimum Gasteiger partial charge on any atom is -0.496 e. The molecule has 0 bridgehead atoms. The Hall–Kier alpha value is -1.72. The maximum Gasteiger partial charge on any atom is 0.419 e. The minimum absolute atomic E-state index is 0.165. The molecule has 0 aromatic heterocycles. The standard InChI is InChI=1S/C10H10F3NO2/c1-16-9-4-7(5-14-6-15)2-3-8(9)10(11,12)13/h2-4,6H,5H2,1H3,(H,14,15). The summed E-state index contributed by atoms with van der Waals surface area (Å²) in [4.78, 5) is 10.0. The van der Waals surface area contributed by atoms with Crippen molar-refractivity contribution in [1.29, 1.82) is 0 Å². The van der Waals surface area contributed by atoms with Crippen LogP contribution in [-0.2, 0) is 17.5 Å². The molecule has 1 rings (SSSR count). The van der Waals surface area contributed by atoms with E-state index in [2.05, 4.69) is 10.1 Å². The zero-order chi connectivity index (χ0) is 12.2. The fourth-order valence-electron chi connectivity index (χ4n) is 1.24.